The van der Waals surface area contributed by atoms with Crippen LogP contribution in [-0.4, -0.2) is 241 Å². The second-order valence-corrected chi connectivity index (χ2v) is 36.0. The summed E-state index contributed by atoms with van der Waals surface area (Å²) in [5.41, 5.74) is 2.85. The van der Waals surface area contributed by atoms with Gasteiger partial charge in [-0.25, -0.2) is 0 Å². The fourth-order valence-corrected chi connectivity index (χ4v) is 11.8. The first-order valence-corrected chi connectivity index (χ1v) is 39.9. The van der Waals surface area contributed by atoms with Crippen molar-refractivity contribution in [3.8, 4) is 0 Å². The Labute approximate surface area is 692 Å². The van der Waals surface area contributed by atoms with Crippen molar-refractivity contribution < 1.29 is 96.2 Å². The first-order valence-electron chi connectivity index (χ1n) is 39.9. The molecule has 9 unspecified atom stereocenters. The number of hydrogen-bond acceptors (Lipinski definition) is 21. The smallest absolute Gasteiger partial charge is 0.248 e. The second-order valence-electron chi connectivity index (χ2n) is 36.0. The molecule has 1 aliphatic rings. The van der Waals surface area contributed by atoms with Gasteiger partial charge in [0, 0.05) is 19.4 Å². The zero-order valence-electron chi connectivity index (χ0n) is 73.7. The van der Waals surface area contributed by atoms with Crippen molar-refractivity contribution >= 4 is 112 Å². The summed E-state index contributed by atoms with van der Waals surface area (Å²) in [6, 6.07) is -9.81. The average Bonchev–Trinajstić information content (AvgIpc) is 1.55. The van der Waals surface area contributed by atoms with Crippen LogP contribution < -0.4 is 102 Å². The Morgan fingerprint density at radius 3 is 1.25 bits per heavy atom. The standard InChI is InChI=1S/C78H138N20O20/c1-26-78(25,69(117)89-46(29-31-51(79)100)57(105)85-45(39-99)34-40(2)3)97-68(116)76(21,22)93-60(108)49(36-42(6)7)87-61(109)50-28-27-33-98(50)70(118)77(23,24)94-59(107)48(35-41(4)5)86-54(103)38-83-64(112)72(13,14)95-62(110)55(43(8)9)90-66(114)73(15,16)92-58(106)47(30-32-52(80)101)88-65(113)74(17,18)96-67(115)75(19,20)91-56(104)44(10)84-53(102)37-82-63(111)71(11,12)81/h40-50,55,99H,26-39,81H2,1-25H3,(H2,79,100)(H2,80,101)(H,82,111)(H,83,112)(H,84,102)(H,85,105)(H,86,103)(H,87,109)(H,88,113)(H,89,117)(H,90,114)(H,91,104)(H,92,106)(H,93,108)(H,94,107)(H,95,110)(H,96,115)(H,97,116). The van der Waals surface area contributed by atoms with Crippen molar-refractivity contribution in [3.63, 3.8) is 0 Å². The first kappa shape index (κ1) is 106. The maximum absolute atomic E-state index is 14.5. The molecule has 0 aliphatic carbocycles. The molecule has 19 amide bonds. The van der Waals surface area contributed by atoms with Crippen molar-refractivity contribution in [3.05, 3.63) is 0 Å². The molecule has 1 heterocycles. The molecule has 1 rings (SSSR count). The molecule has 0 spiro atoms. The van der Waals surface area contributed by atoms with E-state index in [9.17, 15) is 96.2 Å². The van der Waals surface area contributed by atoms with E-state index in [1.54, 1.807) is 48.5 Å². The highest BCUT2D eigenvalue weighted by Crippen LogP contribution is 2.25. The lowest BCUT2D eigenvalue weighted by molar-refractivity contribution is -0.145. The number of aliphatic hydroxyl groups is 1. The molecule has 1 saturated heterocycles. The fourth-order valence-electron chi connectivity index (χ4n) is 11.8. The predicted molar refractivity (Wildman–Crippen MR) is 436 cm³/mol. The van der Waals surface area contributed by atoms with Gasteiger partial charge in [0.15, 0.2) is 0 Å². The minimum atomic E-state index is -1.88. The van der Waals surface area contributed by atoms with Crippen LogP contribution in [-0.2, 0) is 91.1 Å². The Balaban J connectivity index is 3.22. The number of aliphatic hydroxyl groups excluding tert-OH is 1. The Kier molecular flexibility index (Phi) is 40.0. The quantitative estimate of drug-likeness (QED) is 0.0279. The highest BCUT2D eigenvalue weighted by Gasteiger charge is 2.47. The number of hydrogen-bond donors (Lipinski definition) is 20. The van der Waals surface area contributed by atoms with E-state index in [1.807, 2.05) is 13.8 Å². The van der Waals surface area contributed by atoms with E-state index < -0.39 is 243 Å². The SMILES string of the molecule is CCC(C)(NC(=O)C(C)(C)NC(=O)C(CC(C)C)NC(=O)C1CCCN1C(=O)C(C)(C)NC(=O)C(CC(C)C)NC(=O)CNC(=O)C(C)(C)NC(=O)C(NC(=O)C(C)(C)NC(=O)C(CCC(N)=O)NC(=O)C(C)(C)NC(=O)C(C)(C)NC(=O)C(C)NC(=O)CNC(=O)C(C)(C)N)C(C)C)C(=O)NC(CCC(N)=O)C(=O)NC(CO)CC(C)C. The van der Waals surface area contributed by atoms with Crippen molar-refractivity contribution in [1.82, 2.24) is 90.0 Å². The summed E-state index contributed by atoms with van der Waals surface area (Å²) < 4.78 is 0. The number of rotatable bonds is 48. The van der Waals surface area contributed by atoms with Gasteiger partial charge in [-0.05, 0) is 186 Å². The molecule has 0 bridgehead atoms. The van der Waals surface area contributed by atoms with Gasteiger partial charge in [-0.3, -0.25) is 91.1 Å². The molecule has 0 radical (unpaired) electrons. The van der Waals surface area contributed by atoms with Crippen LogP contribution in [0.25, 0.3) is 0 Å². The third-order valence-corrected chi connectivity index (χ3v) is 19.4. The van der Waals surface area contributed by atoms with Crippen molar-refractivity contribution in [2.75, 3.05) is 26.2 Å². The number of nitrogens with two attached hydrogens (primary N) is 3. The molecule has 118 heavy (non-hydrogen) atoms. The highest BCUT2D eigenvalue weighted by molar-refractivity contribution is 6.04. The monoisotopic (exact) mass is 1680 g/mol. The Morgan fingerprint density at radius 2 is 0.797 bits per heavy atom. The van der Waals surface area contributed by atoms with Crippen molar-refractivity contribution in [1.29, 1.82) is 0 Å². The summed E-state index contributed by atoms with van der Waals surface area (Å²) >= 11 is 0. The lowest BCUT2D eigenvalue weighted by Crippen LogP contribution is -2.66. The summed E-state index contributed by atoms with van der Waals surface area (Å²) in [6.45, 7) is 35.6. The van der Waals surface area contributed by atoms with E-state index in [4.69, 9.17) is 17.2 Å². The van der Waals surface area contributed by atoms with E-state index in [0.717, 1.165) is 0 Å². The zero-order valence-corrected chi connectivity index (χ0v) is 73.7. The van der Waals surface area contributed by atoms with Crippen LogP contribution in [0.15, 0.2) is 0 Å². The fraction of sp³-hybridized carbons (Fsp3) is 0.756. The zero-order chi connectivity index (χ0) is 91.7. The third kappa shape index (κ3) is 34.4. The van der Waals surface area contributed by atoms with E-state index >= 15 is 0 Å². The maximum Gasteiger partial charge on any atom is 0.248 e. The normalized spacial score (nSPS) is 15.8. The molecule has 0 aromatic heterocycles. The Bertz CT molecular complexity index is 3660. The maximum atomic E-state index is 14.5. The molecular formula is C78H138N20O20. The van der Waals surface area contributed by atoms with Gasteiger partial charge in [0.2, 0.25) is 112 Å². The van der Waals surface area contributed by atoms with Gasteiger partial charge in [0.1, 0.15) is 81.1 Å². The van der Waals surface area contributed by atoms with Gasteiger partial charge in [-0.1, -0.05) is 62.3 Å². The minimum Gasteiger partial charge on any atom is -0.394 e. The lowest BCUT2D eigenvalue weighted by Gasteiger charge is -2.36. The predicted octanol–water partition coefficient (Wildman–Crippen LogP) is -3.67. The number of nitrogens with one attached hydrogen (secondary N) is 16. The van der Waals surface area contributed by atoms with Crippen LogP contribution >= 0.6 is 0 Å². The van der Waals surface area contributed by atoms with Crippen LogP contribution in [0.1, 0.15) is 237 Å². The summed E-state index contributed by atoms with van der Waals surface area (Å²) in [6.07, 6.45) is -0.294. The number of amides is 19. The molecule has 9 atom stereocenters. The molecule has 23 N–H and O–H groups in total. The largest absolute Gasteiger partial charge is 0.394 e. The highest BCUT2D eigenvalue weighted by atomic mass is 16.3. The molecule has 40 heteroatoms. The molecule has 0 saturated carbocycles. The van der Waals surface area contributed by atoms with Gasteiger partial charge in [-0.15, -0.1) is 0 Å². The van der Waals surface area contributed by atoms with Gasteiger partial charge < -0.3 is 112 Å². The molecule has 670 valence electrons. The molecule has 1 aliphatic heterocycles. The minimum absolute atomic E-state index is 0.0113. The van der Waals surface area contributed by atoms with Crippen molar-refractivity contribution in [2.24, 2.45) is 40.9 Å². The van der Waals surface area contributed by atoms with E-state index in [2.05, 4.69) is 85.1 Å². The molecule has 1 fully saturated rings. The molecule has 0 aromatic rings. The Hall–Kier alpha value is -10.1. The van der Waals surface area contributed by atoms with Gasteiger partial charge in [-0.2, -0.15) is 0 Å². The van der Waals surface area contributed by atoms with Crippen LogP contribution in [0, 0.1) is 23.7 Å². The number of carbonyl (C=O) groups excluding carboxylic acids is 19. The molecule has 40 nitrogen and oxygen atoms in total. The topological polar surface area (TPSA) is 618 Å². The van der Waals surface area contributed by atoms with Crippen LogP contribution in [0.3, 0.4) is 0 Å². The molecular weight excluding hydrogens is 1540 g/mol. The molecule has 0 aromatic carbocycles. The van der Waals surface area contributed by atoms with Crippen LogP contribution in [0.2, 0.25) is 0 Å². The summed E-state index contributed by atoms with van der Waals surface area (Å²) in [5, 5.41) is 50.9. The van der Waals surface area contributed by atoms with E-state index in [-0.39, 0.29) is 62.8 Å². The summed E-state index contributed by atoms with van der Waals surface area (Å²) in [4.78, 5) is 259. The van der Waals surface area contributed by atoms with E-state index in [0.29, 0.717) is 12.8 Å². The van der Waals surface area contributed by atoms with Gasteiger partial charge >= 0.3 is 0 Å². The van der Waals surface area contributed by atoms with Gasteiger partial charge in [0.05, 0.1) is 31.3 Å². The third-order valence-electron chi connectivity index (χ3n) is 19.4. The van der Waals surface area contributed by atoms with E-state index in [1.165, 1.54) is 116 Å². The lowest BCUT2D eigenvalue weighted by atomic mass is 9.93. The Morgan fingerprint density at radius 1 is 0.407 bits per heavy atom. The van der Waals surface area contributed by atoms with Gasteiger partial charge in [0.25, 0.3) is 0 Å². The summed E-state index contributed by atoms with van der Waals surface area (Å²) in [5.74, 6) is -16.5. The average molecular weight is 1680 g/mol. The number of primary amides is 2. The second kappa shape index (κ2) is 44.6. The first-order chi connectivity index (χ1) is 53.7. The van der Waals surface area contributed by atoms with Crippen LogP contribution in [0.4, 0.5) is 0 Å². The number of nitrogens with zero attached hydrogens (tertiary/aromatic N) is 1. The van der Waals surface area contributed by atoms with Crippen LogP contribution in [0.5, 0.6) is 0 Å². The number of carbonyl (C=O) groups is 19. The van der Waals surface area contributed by atoms with Crippen molar-refractivity contribution in [2.45, 2.75) is 330 Å². The summed E-state index contributed by atoms with van der Waals surface area (Å²) in [7, 11) is 0. The number of likely N-dealkylation sites (tertiary alicyclic amines) is 1.